The van der Waals surface area contributed by atoms with Crippen LogP contribution in [0.4, 0.5) is 4.39 Å². The predicted octanol–water partition coefficient (Wildman–Crippen LogP) is 2.65. The van der Waals surface area contributed by atoms with E-state index in [4.69, 9.17) is 4.42 Å². The quantitative estimate of drug-likeness (QED) is 0.666. The van der Waals surface area contributed by atoms with E-state index in [-0.39, 0.29) is 23.0 Å². The molecule has 0 amide bonds. The van der Waals surface area contributed by atoms with E-state index in [9.17, 15) is 21.2 Å². The minimum Gasteiger partial charge on any atom is -0.468 e. The molecule has 0 radical (unpaired) electrons. The Morgan fingerprint density at radius 1 is 1.12 bits per heavy atom. The van der Waals surface area contributed by atoms with Crippen LogP contribution in [-0.4, -0.2) is 29.1 Å². The summed E-state index contributed by atoms with van der Waals surface area (Å²) in [5.74, 6) is -0.526. The molecule has 1 N–H and O–H groups in total. The largest absolute Gasteiger partial charge is 0.468 e. The summed E-state index contributed by atoms with van der Waals surface area (Å²) >= 11 is 0. The van der Waals surface area contributed by atoms with Crippen molar-refractivity contribution in [3.63, 3.8) is 0 Å². The van der Waals surface area contributed by atoms with Gasteiger partial charge in [0, 0.05) is 6.54 Å². The van der Waals surface area contributed by atoms with Crippen LogP contribution in [0.5, 0.6) is 0 Å². The molecule has 0 saturated heterocycles. The highest BCUT2D eigenvalue weighted by Gasteiger charge is 2.32. The van der Waals surface area contributed by atoms with Gasteiger partial charge in [0.05, 0.1) is 16.9 Å². The number of hydrogen-bond donors (Lipinski definition) is 1. The normalized spacial score (nSPS) is 13.7. The number of rotatable bonds is 9. The average Bonchev–Trinajstić information content (AvgIpc) is 3.07. The Kier molecular flexibility index (Phi) is 6.36. The second-order valence-corrected chi connectivity index (χ2v) is 9.58. The van der Waals surface area contributed by atoms with Crippen molar-refractivity contribution in [2.24, 2.45) is 0 Å². The molecular weight excluding hydrogens is 369 g/mol. The van der Waals surface area contributed by atoms with E-state index >= 15 is 0 Å². The van der Waals surface area contributed by atoms with Crippen molar-refractivity contribution >= 4 is 19.9 Å². The molecule has 25 heavy (non-hydrogen) atoms. The van der Waals surface area contributed by atoms with Crippen LogP contribution >= 0.6 is 0 Å². The molecule has 1 unspecified atom stereocenters. The van der Waals surface area contributed by atoms with Crippen LogP contribution in [0.25, 0.3) is 0 Å². The maximum absolute atomic E-state index is 13.1. The van der Waals surface area contributed by atoms with Gasteiger partial charge in [-0.15, -0.1) is 0 Å². The van der Waals surface area contributed by atoms with Crippen molar-refractivity contribution < 1.29 is 25.6 Å². The molecule has 2 aromatic rings. The van der Waals surface area contributed by atoms with E-state index in [2.05, 4.69) is 4.72 Å². The lowest BCUT2D eigenvalue weighted by molar-refractivity contribution is 0.486. The monoisotopic (exact) mass is 389 g/mol. The fourth-order valence-electron chi connectivity index (χ4n) is 2.24. The lowest BCUT2D eigenvalue weighted by Gasteiger charge is -2.17. The first-order chi connectivity index (χ1) is 11.8. The number of sulfone groups is 1. The van der Waals surface area contributed by atoms with Gasteiger partial charge in [-0.1, -0.05) is 13.3 Å². The van der Waals surface area contributed by atoms with Crippen molar-refractivity contribution in [3.05, 3.63) is 54.2 Å². The van der Waals surface area contributed by atoms with Crippen molar-refractivity contribution in [1.29, 1.82) is 0 Å². The molecule has 0 aliphatic rings. The number of benzene rings is 1. The third kappa shape index (κ3) is 5.13. The Bertz CT molecular complexity index is 875. The van der Waals surface area contributed by atoms with Gasteiger partial charge in [0.15, 0.2) is 9.84 Å². The molecule has 1 heterocycles. The molecular formula is C16H20FNO5S2. The molecule has 1 aromatic heterocycles. The topological polar surface area (TPSA) is 93.4 Å². The smallest absolute Gasteiger partial charge is 0.211 e. The van der Waals surface area contributed by atoms with Gasteiger partial charge < -0.3 is 4.42 Å². The van der Waals surface area contributed by atoms with Gasteiger partial charge in [0.2, 0.25) is 10.0 Å². The highest BCUT2D eigenvalue weighted by molar-refractivity contribution is 7.92. The minimum atomic E-state index is -3.97. The maximum Gasteiger partial charge on any atom is 0.211 e. The summed E-state index contributed by atoms with van der Waals surface area (Å²) in [7, 11) is -7.57. The second-order valence-electron chi connectivity index (χ2n) is 5.52. The third-order valence-electron chi connectivity index (χ3n) is 3.63. The summed E-state index contributed by atoms with van der Waals surface area (Å²) in [6.45, 7) is 1.50. The average molecular weight is 389 g/mol. The Morgan fingerprint density at radius 3 is 2.36 bits per heavy atom. The molecule has 138 valence electrons. The highest BCUT2D eigenvalue weighted by atomic mass is 32.2. The zero-order valence-electron chi connectivity index (χ0n) is 13.7. The van der Waals surface area contributed by atoms with Gasteiger partial charge in [-0.05, 0) is 42.8 Å². The van der Waals surface area contributed by atoms with Crippen LogP contribution in [0.3, 0.4) is 0 Å². The zero-order chi connectivity index (χ0) is 18.5. The molecule has 0 saturated carbocycles. The molecule has 2 rings (SSSR count). The lowest BCUT2D eigenvalue weighted by Crippen LogP contribution is -2.33. The summed E-state index contributed by atoms with van der Waals surface area (Å²) in [5.41, 5.74) is 0. The van der Waals surface area contributed by atoms with Crippen molar-refractivity contribution in [1.82, 2.24) is 4.72 Å². The molecule has 0 aliphatic heterocycles. The van der Waals surface area contributed by atoms with Crippen molar-refractivity contribution in [3.8, 4) is 0 Å². The summed E-state index contributed by atoms with van der Waals surface area (Å²) in [6.07, 6.45) is 2.50. The predicted molar refractivity (Wildman–Crippen MR) is 91.7 cm³/mol. The zero-order valence-corrected chi connectivity index (χ0v) is 15.3. The van der Waals surface area contributed by atoms with Gasteiger partial charge in [0.25, 0.3) is 0 Å². The standard InChI is InChI=1S/C16H20FNO5S2/c1-2-3-11-24(19,20)18-12-16(15-5-4-10-23-15)25(21,22)14-8-6-13(17)7-9-14/h4-10,16,18H,2-3,11-12H2,1H3. The molecule has 9 heteroatoms. The fourth-order valence-corrected chi connectivity index (χ4v) is 5.16. The number of sulfonamides is 1. The second kappa shape index (κ2) is 8.11. The Balaban J connectivity index is 2.29. The van der Waals surface area contributed by atoms with E-state index in [1.165, 1.54) is 18.4 Å². The van der Waals surface area contributed by atoms with E-state index in [0.29, 0.717) is 12.8 Å². The first-order valence-electron chi connectivity index (χ1n) is 7.76. The van der Waals surface area contributed by atoms with Crippen LogP contribution < -0.4 is 4.72 Å². The Labute approximate surface area is 147 Å². The number of hydrogen-bond acceptors (Lipinski definition) is 5. The third-order valence-corrected chi connectivity index (χ3v) is 7.14. The van der Waals surface area contributed by atoms with Crippen LogP contribution in [0.15, 0.2) is 52.0 Å². The van der Waals surface area contributed by atoms with E-state index in [0.717, 1.165) is 24.3 Å². The summed E-state index contributed by atoms with van der Waals surface area (Å²) in [5, 5.41) is -1.25. The van der Waals surface area contributed by atoms with Crippen LogP contribution in [0.2, 0.25) is 0 Å². The fraction of sp³-hybridized carbons (Fsp3) is 0.375. The van der Waals surface area contributed by atoms with Crippen molar-refractivity contribution in [2.45, 2.75) is 29.9 Å². The number of unbranched alkanes of at least 4 members (excludes halogenated alkanes) is 1. The molecule has 0 bridgehead atoms. The number of nitrogens with one attached hydrogen (secondary N) is 1. The van der Waals surface area contributed by atoms with Gasteiger partial charge in [-0.25, -0.2) is 25.9 Å². The lowest BCUT2D eigenvalue weighted by atomic mass is 10.3. The minimum absolute atomic E-state index is 0.0784. The first kappa shape index (κ1) is 19.6. The van der Waals surface area contributed by atoms with Crippen LogP contribution in [0.1, 0.15) is 30.8 Å². The van der Waals surface area contributed by atoms with E-state index < -0.39 is 30.9 Å². The van der Waals surface area contributed by atoms with Gasteiger partial charge in [-0.2, -0.15) is 0 Å². The van der Waals surface area contributed by atoms with Crippen LogP contribution in [0, 0.1) is 5.82 Å². The summed E-state index contributed by atoms with van der Waals surface area (Å²) < 4.78 is 70.3. The van der Waals surface area contributed by atoms with Gasteiger partial charge in [-0.3, -0.25) is 0 Å². The summed E-state index contributed by atoms with van der Waals surface area (Å²) in [6, 6.07) is 7.35. The number of furan rings is 1. The maximum atomic E-state index is 13.1. The van der Waals surface area contributed by atoms with E-state index in [1.54, 1.807) is 0 Å². The molecule has 0 spiro atoms. The van der Waals surface area contributed by atoms with Crippen molar-refractivity contribution in [2.75, 3.05) is 12.3 Å². The first-order valence-corrected chi connectivity index (χ1v) is 11.0. The Hall–Kier alpha value is -1.71. The summed E-state index contributed by atoms with van der Waals surface area (Å²) in [4.78, 5) is -0.108. The molecule has 1 aromatic carbocycles. The van der Waals surface area contributed by atoms with E-state index in [1.807, 2.05) is 6.92 Å². The highest BCUT2D eigenvalue weighted by Crippen LogP contribution is 2.29. The molecule has 6 nitrogen and oxygen atoms in total. The van der Waals surface area contributed by atoms with Gasteiger partial charge in [0.1, 0.15) is 16.8 Å². The molecule has 0 fully saturated rings. The molecule has 0 aliphatic carbocycles. The Morgan fingerprint density at radius 2 is 1.80 bits per heavy atom. The number of halogens is 1. The van der Waals surface area contributed by atoms with Crippen LogP contribution in [-0.2, 0) is 19.9 Å². The van der Waals surface area contributed by atoms with Gasteiger partial charge >= 0.3 is 0 Å². The molecule has 1 atom stereocenters. The SMILES string of the molecule is CCCCS(=O)(=O)NCC(c1ccco1)S(=O)(=O)c1ccc(F)cc1.